The van der Waals surface area contributed by atoms with E-state index in [1.165, 1.54) is 11.3 Å². The van der Waals surface area contributed by atoms with E-state index in [1.54, 1.807) is 11.5 Å². The number of carbonyl (C=O) groups is 3. The van der Waals surface area contributed by atoms with E-state index in [2.05, 4.69) is 15.6 Å². The minimum absolute atomic E-state index is 0.127. The molecule has 0 aliphatic rings. The number of unbranched alkanes of at least 4 members (excludes halogenated alkanes) is 3. The van der Waals surface area contributed by atoms with Gasteiger partial charge < -0.3 is 16.4 Å². The number of benzene rings is 2. The van der Waals surface area contributed by atoms with Gasteiger partial charge in [-0.15, -0.1) is 11.3 Å². The molecule has 1 heterocycles. The van der Waals surface area contributed by atoms with Crippen LogP contribution in [0.4, 0.5) is 10.8 Å². The van der Waals surface area contributed by atoms with E-state index in [1.807, 2.05) is 53.9 Å². The van der Waals surface area contributed by atoms with Gasteiger partial charge in [-0.3, -0.25) is 19.6 Å². The van der Waals surface area contributed by atoms with Crippen LogP contribution in [-0.4, -0.2) is 34.0 Å². The molecule has 3 amide bonds. The molecule has 0 fully saturated rings. The number of thiazole rings is 1. The Balaban J connectivity index is 1.51. The van der Waals surface area contributed by atoms with Crippen molar-refractivity contribution in [2.24, 2.45) is 5.73 Å². The van der Waals surface area contributed by atoms with Crippen molar-refractivity contribution in [3.8, 4) is 11.3 Å². The molecular formula is C26H31N5O4S. The summed E-state index contributed by atoms with van der Waals surface area (Å²) in [6, 6.07) is 16.3. The molecule has 0 aliphatic carbocycles. The van der Waals surface area contributed by atoms with Crippen LogP contribution in [0.2, 0.25) is 0 Å². The van der Waals surface area contributed by atoms with Gasteiger partial charge in [0, 0.05) is 23.8 Å². The number of amides is 3. The first-order valence-electron chi connectivity index (χ1n) is 11.8. The van der Waals surface area contributed by atoms with Crippen LogP contribution in [-0.2, 0) is 20.8 Å². The Morgan fingerprint density at radius 2 is 1.56 bits per heavy atom. The van der Waals surface area contributed by atoms with E-state index in [4.69, 9.17) is 10.9 Å². The molecule has 2 aromatic carbocycles. The van der Waals surface area contributed by atoms with Crippen LogP contribution < -0.4 is 21.8 Å². The second-order valence-corrected chi connectivity index (χ2v) is 9.22. The van der Waals surface area contributed by atoms with E-state index in [-0.39, 0.29) is 18.2 Å². The molecule has 1 atom stereocenters. The number of carbonyl (C=O) groups excluding carboxylic acids is 3. The van der Waals surface area contributed by atoms with Crippen molar-refractivity contribution >= 4 is 39.9 Å². The average molecular weight is 510 g/mol. The Bertz CT molecular complexity index is 1150. The Morgan fingerprint density at radius 3 is 2.28 bits per heavy atom. The summed E-state index contributed by atoms with van der Waals surface area (Å²) < 4.78 is 0. The zero-order valence-electron chi connectivity index (χ0n) is 19.9. The molecule has 0 spiro atoms. The third-order valence-corrected chi connectivity index (χ3v) is 6.29. The van der Waals surface area contributed by atoms with Crippen molar-refractivity contribution in [3.63, 3.8) is 0 Å². The van der Waals surface area contributed by atoms with Crippen molar-refractivity contribution in [2.75, 3.05) is 10.6 Å². The quantitative estimate of drug-likeness (QED) is 0.133. The summed E-state index contributed by atoms with van der Waals surface area (Å²) in [7, 11) is 0. The molecule has 3 rings (SSSR count). The van der Waals surface area contributed by atoms with Crippen LogP contribution in [0.15, 0.2) is 60.0 Å². The van der Waals surface area contributed by atoms with Crippen LogP contribution in [0.1, 0.15) is 44.1 Å². The lowest BCUT2D eigenvalue weighted by atomic mass is 10.1. The minimum atomic E-state index is -0.697. The average Bonchev–Trinajstić information content (AvgIpc) is 3.34. The summed E-state index contributed by atoms with van der Waals surface area (Å²) in [5.41, 5.74) is 10.7. The van der Waals surface area contributed by atoms with Crippen LogP contribution in [0.25, 0.3) is 11.3 Å². The molecule has 0 bridgehead atoms. The van der Waals surface area contributed by atoms with Crippen molar-refractivity contribution in [2.45, 2.75) is 51.0 Å². The lowest BCUT2D eigenvalue weighted by Gasteiger charge is -2.14. The second kappa shape index (κ2) is 14.1. The first kappa shape index (κ1) is 27.0. The molecule has 190 valence electrons. The molecule has 0 saturated heterocycles. The maximum atomic E-state index is 12.7. The maximum Gasteiger partial charge on any atom is 0.243 e. The second-order valence-electron chi connectivity index (χ2n) is 8.37. The Kier molecular flexibility index (Phi) is 10.6. The highest BCUT2D eigenvalue weighted by molar-refractivity contribution is 7.14. The number of hydrogen-bond acceptors (Lipinski definition) is 7. The van der Waals surface area contributed by atoms with Crippen LogP contribution in [0, 0.1) is 0 Å². The number of nitrogens with one attached hydrogen (secondary N) is 3. The predicted molar refractivity (Wildman–Crippen MR) is 141 cm³/mol. The van der Waals surface area contributed by atoms with E-state index >= 15 is 0 Å². The highest BCUT2D eigenvalue weighted by Gasteiger charge is 2.17. The van der Waals surface area contributed by atoms with Crippen LogP contribution >= 0.6 is 11.3 Å². The molecular weight excluding hydrogens is 478 g/mol. The molecule has 0 aliphatic heterocycles. The van der Waals surface area contributed by atoms with Gasteiger partial charge in [-0.05, 0) is 30.9 Å². The first-order chi connectivity index (χ1) is 17.5. The van der Waals surface area contributed by atoms with Crippen LogP contribution in [0.5, 0.6) is 0 Å². The summed E-state index contributed by atoms with van der Waals surface area (Å²) in [5.74, 6) is -0.812. The zero-order chi connectivity index (χ0) is 25.8. The number of hydrogen-bond donors (Lipinski definition) is 5. The summed E-state index contributed by atoms with van der Waals surface area (Å²) in [4.78, 5) is 40.5. The third kappa shape index (κ3) is 8.56. The lowest BCUT2D eigenvalue weighted by molar-refractivity contribution is -0.129. The van der Waals surface area contributed by atoms with Crippen molar-refractivity contribution in [3.05, 3.63) is 65.5 Å². The summed E-state index contributed by atoms with van der Waals surface area (Å²) in [6.45, 7) is 0. The summed E-state index contributed by atoms with van der Waals surface area (Å²) >= 11 is 1.31. The Labute approximate surface area is 214 Å². The molecule has 9 nitrogen and oxygen atoms in total. The number of nitrogens with two attached hydrogens (primary N) is 1. The Morgan fingerprint density at radius 1 is 0.889 bits per heavy atom. The fourth-order valence-electron chi connectivity index (χ4n) is 3.62. The van der Waals surface area contributed by atoms with Gasteiger partial charge >= 0.3 is 0 Å². The fraction of sp³-hybridized carbons (Fsp3) is 0.308. The first-order valence-corrected chi connectivity index (χ1v) is 12.7. The van der Waals surface area contributed by atoms with Crippen molar-refractivity contribution < 1.29 is 19.6 Å². The van der Waals surface area contributed by atoms with Crippen LogP contribution in [0.3, 0.4) is 0 Å². The monoisotopic (exact) mass is 509 g/mol. The van der Waals surface area contributed by atoms with E-state index < -0.39 is 11.9 Å². The van der Waals surface area contributed by atoms with E-state index in [0.29, 0.717) is 42.2 Å². The van der Waals surface area contributed by atoms with Gasteiger partial charge in [-0.25, -0.2) is 10.5 Å². The lowest BCUT2D eigenvalue weighted by Crippen LogP contribution is -2.37. The molecule has 3 aromatic rings. The largest absolute Gasteiger partial charge is 0.324 e. The van der Waals surface area contributed by atoms with Gasteiger partial charge in [-0.2, -0.15) is 0 Å². The minimum Gasteiger partial charge on any atom is -0.324 e. The topological polar surface area (TPSA) is 146 Å². The third-order valence-electron chi connectivity index (χ3n) is 5.53. The molecule has 1 aromatic heterocycles. The maximum absolute atomic E-state index is 12.7. The molecule has 6 N–H and O–H groups in total. The normalized spacial score (nSPS) is 11.5. The SMILES string of the molecule is N[C@H](Cc1ccccc1)C(=O)Nc1ccccc1-c1csc(NC(=O)CCCCCCC(=O)NO)n1. The van der Waals surface area contributed by atoms with E-state index in [9.17, 15) is 14.4 Å². The predicted octanol–water partition coefficient (Wildman–Crippen LogP) is 4.10. The van der Waals surface area contributed by atoms with E-state index in [0.717, 1.165) is 24.0 Å². The standard InChI is InChI=1S/C26H31N5O4S/c27-20(16-18-10-4-3-5-11-18)25(34)28-21-13-9-8-12-19(21)22-17-36-26(29-22)30-23(32)14-6-1-2-7-15-24(33)31-35/h3-5,8-13,17,20,35H,1-2,6-7,14-16,27H2,(H,28,34)(H,31,33)(H,29,30,32)/t20-/m1/s1. The number of para-hydroxylation sites is 1. The fourth-order valence-corrected chi connectivity index (χ4v) is 4.35. The molecule has 0 saturated carbocycles. The molecule has 10 heteroatoms. The van der Waals surface area contributed by atoms with Gasteiger partial charge in [0.2, 0.25) is 17.7 Å². The molecule has 0 unspecified atom stereocenters. The molecule has 0 radical (unpaired) electrons. The van der Waals surface area contributed by atoms with Crippen molar-refractivity contribution in [1.82, 2.24) is 10.5 Å². The van der Waals surface area contributed by atoms with Gasteiger partial charge in [0.25, 0.3) is 0 Å². The van der Waals surface area contributed by atoms with Gasteiger partial charge in [0.05, 0.1) is 17.4 Å². The number of rotatable bonds is 13. The zero-order valence-corrected chi connectivity index (χ0v) is 20.7. The molecule has 36 heavy (non-hydrogen) atoms. The highest BCUT2D eigenvalue weighted by atomic mass is 32.1. The number of hydroxylamine groups is 1. The summed E-state index contributed by atoms with van der Waals surface area (Å²) in [5, 5.41) is 16.5. The smallest absolute Gasteiger partial charge is 0.243 e. The summed E-state index contributed by atoms with van der Waals surface area (Å²) in [6.07, 6.45) is 4.03. The number of aromatic nitrogens is 1. The van der Waals surface area contributed by atoms with Gasteiger partial charge in [-0.1, -0.05) is 61.4 Å². The number of nitrogens with zero attached hydrogens (tertiary/aromatic N) is 1. The highest BCUT2D eigenvalue weighted by Crippen LogP contribution is 2.31. The number of anilines is 2. The van der Waals surface area contributed by atoms with Gasteiger partial charge in [0.15, 0.2) is 5.13 Å². The van der Waals surface area contributed by atoms with Gasteiger partial charge in [0.1, 0.15) is 0 Å². The van der Waals surface area contributed by atoms with Crippen molar-refractivity contribution in [1.29, 1.82) is 0 Å². The Hall–Kier alpha value is -3.60.